The van der Waals surface area contributed by atoms with E-state index in [0.717, 1.165) is 10.0 Å². The summed E-state index contributed by atoms with van der Waals surface area (Å²) in [5, 5.41) is 13.9. The molecule has 1 unspecified atom stereocenters. The number of benzene rings is 2. The van der Waals surface area contributed by atoms with Gasteiger partial charge in [-0.2, -0.15) is 0 Å². The van der Waals surface area contributed by atoms with E-state index < -0.39 is 5.60 Å². The van der Waals surface area contributed by atoms with Crippen molar-refractivity contribution < 1.29 is 5.11 Å². The summed E-state index contributed by atoms with van der Waals surface area (Å²) < 4.78 is 1.07. The lowest BCUT2D eigenvalue weighted by Crippen LogP contribution is -2.36. The lowest BCUT2D eigenvalue weighted by Gasteiger charge is -2.26. The summed E-state index contributed by atoms with van der Waals surface area (Å²) in [5.74, 6) is 0. The van der Waals surface area contributed by atoms with E-state index >= 15 is 0 Å². The molecule has 0 heterocycles. The van der Waals surface area contributed by atoms with E-state index in [-0.39, 0.29) is 6.04 Å². The third-order valence-corrected chi connectivity index (χ3v) is 4.05. The molecule has 2 atom stereocenters. The van der Waals surface area contributed by atoms with Crippen LogP contribution in [0.25, 0.3) is 0 Å². The number of halogens is 1. The lowest BCUT2D eigenvalue weighted by atomic mass is 9.95. The maximum atomic E-state index is 10.6. The average molecular weight is 334 g/mol. The second-order valence-electron chi connectivity index (χ2n) is 5.29. The van der Waals surface area contributed by atoms with Crippen LogP contribution in [0, 0.1) is 0 Å². The molecule has 0 aliphatic carbocycles. The van der Waals surface area contributed by atoms with E-state index in [0.29, 0.717) is 6.54 Å². The standard InChI is InChI=1S/C17H20BrNO/c1-13(14-8-10-16(18)11-9-14)19-12-17(2,20)15-6-4-3-5-7-15/h3-11,13,19-20H,12H2,1-2H3/t13-,17?/m1/s1. The summed E-state index contributed by atoms with van der Waals surface area (Å²) in [5.41, 5.74) is 1.26. The van der Waals surface area contributed by atoms with E-state index in [9.17, 15) is 5.11 Å². The molecule has 2 aromatic carbocycles. The zero-order valence-corrected chi connectivity index (χ0v) is 13.4. The van der Waals surface area contributed by atoms with Gasteiger partial charge in [0.25, 0.3) is 0 Å². The van der Waals surface area contributed by atoms with Crippen molar-refractivity contribution in [2.24, 2.45) is 0 Å². The average Bonchev–Trinajstić information content (AvgIpc) is 2.46. The van der Waals surface area contributed by atoms with E-state index in [1.165, 1.54) is 5.56 Å². The molecule has 106 valence electrons. The third-order valence-electron chi connectivity index (χ3n) is 3.52. The molecule has 0 aliphatic rings. The molecule has 0 bridgehead atoms. The van der Waals surface area contributed by atoms with Gasteiger partial charge in [0.2, 0.25) is 0 Å². The fraction of sp³-hybridized carbons (Fsp3) is 0.294. The van der Waals surface area contributed by atoms with Gasteiger partial charge < -0.3 is 10.4 Å². The SMILES string of the molecule is C[C@@H](NCC(C)(O)c1ccccc1)c1ccc(Br)cc1. The van der Waals surface area contributed by atoms with E-state index in [1.807, 2.05) is 49.4 Å². The molecule has 2 nitrogen and oxygen atoms in total. The Hall–Kier alpha value is -1.16. The number of rotatable bonds is 5. The quantitative estimate of drug-likeness (QED) is 0.866. The first-order valence-electron chi connectivity index (χ1n) is 6.76. The minimum Gasteiger partial charge on any atom is -0.384 e. The molecule has 2 rings (SSSR count). The van der Waals surface area contributed by atoms with Gasteiger partial charge in [0.15, 0.2) is 0 Å². The van der Waals surface area contributed by atoms with Crippen LogP contribution in [-0.2, 0) is 5.60 Å². The third kappa shape index (κ3) is 3.92. The van der Waals surface area contributed by atoms with Crippen LogP contribution in [0.1, 0.15) is 31.0 Å². The molecule has 0 amide bonds. The minimum atomic E-state index is -0.870. The van der Waals surface area contributed by atoms with E-state index in [4.69, 9.17) is 0 Å². The summed E-state index contributed by atoms with van der Waals surface area (Å²) in [4.78, 5) is 0. The van der Waals surface area contributed by atoms with E-state index in [1.54, 1.807) is 0 Å². The molecule has 0 spiro atoms. The Labute approximate surface area is 129 Å². The lowest BCUT2D eigenvalue weighted by molar-refractivity contribution is 0.0543. The highest BCUT2D eigenvalue weighted by atomic mass is 79.9. The van der Waals surface area contributed by atoms with Gasteiger partial charge in [0.05, 0.1) is 5.60 Å². The molecule has 0 aliphatic heterocycles. The number of hydrogen-bond donors (Lipinski definition) is 2. The Bertz CT molecular complexity index is 537. The maximum Gasteiger partial charge on any atom is 0.0992 e. The first kappa shape index (κ1) is 15.2. The van der Waals surface area contributed by atoms with Crippen LogP contribution in [0.2, 0.25) is 0 Å². The second-order valence-corrected chi connectivity index (χ2v) is 6.21. The van der Waals surface area contributed by atoms with Crippen LogP contribution in [0.5, 0.6) is 0 Å². The molecule has 2 aromatic rings. The smallest absolute Gasteiger partial charge is 0.0992 e. The molecule has 20 heavy (non-hydrogen) atoms. The normalized spacial score (nSPS) is 15.6. The fourth-order valence-electron chi connectivity index (χ4n) is 2.12. The minimum absolute atomic E-state index is 0.193. The van der Waals surface area contributed by atoms with Gasteiger partial charge in [-0.05, 0) is 37.1 Å². The van der Waals surface area contributed by atoms with Gasteiger partial charge in [-0.1, -0.05) is 58.4 Å². The van der Waals surface area contributed by atoms with Gasteiger partial charge in [-0.15, -0.1) is 0 Å². The Morgan fingerprint density at radius 2 is 1.70 bits per heavy atom. The molecule has 0 radical (unpaired) electrons. The molecule has 3 heteroatoms. The van der Waals surface area contributed by atoms with Crippen molar-refractivity contribution in [2.45, 2.75) is 25.5 Å². The van der Waals surface area contributed by atoms with Crippen LogP contribution >= 0.6 is 15.9 Å². The van der Waals surface area contributed by atoms with E-state index in [2.05, 4.69) is 40.3 Å². The van der Waals surface area contributed by atoms with Crippen molar-refractivity contribution in [3.8, 4) is 0 Å². The maximum absolute atomic E-state index is 10.6. The first-order chi connectivity index (χ1) is 9.49. The van der Waals surface area contributed by atoms with Crippen LogP contribution in [0.15, 0.2) is 59.1 Å². The largest absolute Gasteiger partial charge is 0.384 e. The van der Waals surface area contributed by atoms with Gasteiger partial charge in [-0.25, -0.2) is 0 Å². The van der Waals surface area contributed by atoms with Gasteiger partial charge in [0, 0.05) is 17.1 Å². The summed E-state index contributed by atoms with van der Waals surface area (Å²) >= 11 is 3.44. The second kappa shape index (κ2) is 6.53. The summed E-state index contributed by atoms with van der Waals surface area (Å²) in [7, 11) is 0. The summed E-state index contributed by atoms with van der Waals surface area (Å²) in [6.07, 6.45) is 0. The van der Waals surface area contributed by atoms with Crippen LogP contribution in [0.3, 0.4) is 0 Å². The fourth-order valence-corrected chi connectivity index (χ4v) is 2.38. The number of aliphatic hydroxyl groups is 1. The molecule has 0 fully saturated rings. The zero-order valence-electron chi connectivity index (χ0n) is 11.8. The predicted molar refractivity (Wildman–Crippen MR) is 86.6 cm³/mol. The first-order valence-corrected chi connectivity index (χ1v) is 7.55. The number of hydrogen-bond acceptors (Lipinski definition) is 2. The van der Waals surface area contributed by atoms with Crippen molar-refractivity contribution in [2.75, 3.05) is 6.54 Å². The molecular formula is C17H20BrNO. The molecule has 2 N–H and O–H groups in total. The van der Waals surface area contributed by atoms with Crippen LogP contribution in [0.4, 0.5) is 0 Å². The van der Waals surface area contributed by atoms with Gasteiger partial charge >= 0.3 is 0 Å². The summed E-state index contributed by atoms with van der Waals surface area (Å²) in [6.45, 7) is 4.45. The molecule has 0 aromatic heterocycles. The zero-order chi connectivity index (χ0) is 14.6. The monoisotopic (exact) mass is 333 g/mol. The van der Waals surface area contributed by atoms with Gasteiger partial charge in [0.1, 0.15) is 0 Å². The van der Waals surface area contributed by atoms with Crippen molar-refractivity contribution in [1.29, 1.82) is 0 Å². The van der Waals surface area contributed by atoms with Crippen LogP contribution in [-0.4, -0.2) is 11.7 Å². The highest BCUT2D eigenvalue weighted by molar-refractivity contribution is 9.10. The van der Waals surface area contributed by atoms with Crippen LogP contribution < -0.4 is 5.32 Å². The molecule has 0 saturated carbocycles. The van der Waals surface area contributed by atoms with Crippen molar-refractivity contribution in [3.05, 3.63) is 70.2 Å². The van der Waals surface area contributed by atoms with Crippen molar-refractivity contribution >= 4 is 15.9 Å². The topological polar surface area (TPSA) is 32.3 Å². The Morgan fingerprint density at radius 3 is 2.30 bits per heavy atom. The van der Waals surface area contributed by atoms with Crippen molar-refractivity contribution in [3.63, 3.8) is 0 Å². The predicted octanol–water partition coefficient (Wildman–Crippen LogP) is 4.01. The Morgan fingerprint density at radius 1 is 1.10 bits per heavy atom. The van der Waals surface area contributed by atoms with Crippen molar-refractivity contribution in [1.82, 2.24) is 5.32 Å². The summed E-state index contributed by atoms with van der Waals surface area (Å²) in [6, 6.07) is 18.2. The Kier molecular flexibility index (Phi) is 4.97. The molecule has 0 saturated heterocycles. The number of nitrogens with one attached hydrogen (secondary N) is 1. The highest BCUT2D eigenvalue weighted by Crippen LogP contribution is 2.21. The Balaban J connectivity index is 1.99. The highest BCUT2D eigenvalue weighted by Gasteiger charge is 2.23. The van der Waals surface area contributed by atoms with Gasteiger partial charge in [-0.3, -0.25) is 0 Å². The molecular weight excluding hydrogens is 314 g/mol.